The number of anilines is 1. The van der Waals surface area contributed by atoms with Crippen molar-refractivity contribution >= 4 is 33.4 Å². The van der Waals surface area contributed by atoms with Crippen LogP contribution in [0.2, 0.25) is 0 Å². The van der Waals surface area contributed by atoms with Gasteiger partial charge in [-0.1, -0.05) is 6.07 Å². The lowest BCUT2D eigenvalue weighted by Gasteiger charge is -1.98. The van der Waals surface area contributed by atoms with Crippen LogP contribution in [-0.4, -0.2) is 6.08 Å². The molecule has 0 atom stereocenters. The van der Waals surface area contributed by atoms with E-state index in [1.54, 1.807) is 18.2 Å². The Morgan fingerprint density at radius 1 is 1.55 bits per heavy atom. The van der Waals surface area contributed by atoms with Crippen molar-refractivity contribution in [2.45, 2.75) is 0 Å². The predicted molar refractivity (Wildman–Crippen MR) is 46.3 cm³/mol. The number of nitrogen functional groups attached to an aromatic ring is 1. The second-order valence-electron chi connectivity index (χ2n) is 1.88. The summed E-state index contributed by atoms with van der Waals surface area (Å²) in [5.41, 5.74) is 6.57. The van der Waals surface area contributed by atoms with Gasteiger partial charge in [0.1, 0.15) is 0 Å². The van der Waals surface area contributed by atoms with Crippen molar-refractivity contribution in [3.8, 4) is 0 Å². The maximum Gasteiger partial charge on any atom is 0.240 e. The van der Waals surface area contributed by atoms with Crippen LogP contribution in [0.25, 0.3) is 0 Å². The first-order valence-electron chi connectivity index (χ1n) is 2.87. The molecule has 0 heterocycles. The van der Waals surface area contributed by atoms with E-state index < -0.39 is 0 Å². The average Bonchev–Trinajstić information content (AvgIpc) is 1.99. The number of nitrogens with zero attached hydrogens (tertiary/aromatic N) is 1. The lowest BCUT2D eigenvalue weighted by atomic mass is 10.3. The molecule has 1 aromatic rings. The zero-order valence-electron chi connectivity index (χ0n) is 5.54. The molecule has 1 rings (SSSR count). The van der Waals surface area contributed by atoms with Crippen LogP contribution < -0.4 is 5.73 Å². The Kier molecular flexibility index (Phi) is 2.41. The monoisotopic (exact) mass is 212 g/mol. The summed E-state index contributed by atoms with van der Waals surface area (Å²) in [4.78, 5) is 13.3. The molecule has 0 aromatic heterocycles. The van der Waals surface area contributed by atoms with Crippen molar-refractivity contribution in [1.82, 2.24) is 0 Å². The molecule has 0 unspecified atom stereocenters. The maximum atomic E-state index is 9.88. The van der Waals surface area contributed by atoms with Crippen molar-refractivity contribution in [1.29, 1.82) is 0 Å². The smallest absolute Gasteiger partial charge is 0.240 e. The lowest BCUT2D eigenvalue weighted by molar-refractivity contribution is 0.565. The second kappa shape index (κ2) is 3.32. The molecule has 4 heteroatoms. The first kappa shape index (κ1) is 7.98. The average molecular weight is 213 g/mol. The number of rotatable bonds is 1. The summed E-state index contributed by atoms with van der Waals surface area (Å²) in [6.45, 7) is 0. The second-order valence-corrected chi connectivity index (χ2v) is 2.68. The summed E-state index contributed by atoms with van der Waals surface area (Å²) in [5, 5.41) is 0. The number of isocyanates is 1. The third-order valence-electron chi connectivity index (χ3n) is 1.17. The van der Waals surface area contributed by atoms with Crippen LogP contribution in [0.1, 0.15) is 0 Å². The molecule has 0 saturated heterocycles. The number of halogens is 1. The van der Waals surface area contributed by atoms with Gasteiger partial charge in [0, 0.05) is 5.69 Å². The molecule has 0 aliphatic rings. The van der Waals surface area contributed by atoms with Gasteiger partial charge in [-0.2, -0.15) is 4.99 Å². The fourth-order valence-electron chi connectivity index (χ4n) is 0.673. The van der Waals surface area contributed by atoms with Gasteiger partial charge in [0.05, 0.1) is 10.2 Å². The molecule has 0 aliphatic carbocycles. The Hall–Kier alpha value is -1.12. The minimum atomic E-state index is 0.500. The van der Waals surface area contributed by atoms with Gasteiger partial charge in [-0.05, 0) is 28.1 Å². The third-order valence-corrected chi connectivity index (χ3v) is 2.04. The molecule has 0 aliphatic heterocycles. The van der Waals surface area contributed by atoms with E-state index in [2.05, 4.69) is 20.9 Å². The van der Waals surface area contributed by atoms with E-state index in [4.69, 9.17) is 5.73 Å². The Labute approximate surface area is 72.1 Å². The van der Waals surface area contributed by atoms with Crippen molar-refractivity contribution in [2.24, 2.45) is 4.99 Å². The molecule has 56 valence electrons. The predicted octanol–water partition coefficient (Wildman–Crippen LogP) is 2.00. The molecule has 2 N–H and O–H groups in total. The number of nitrogens with two attached hydrogens (primary N) is 1. The van der Waals surface area contributed by atoms with Crippen LogP contribution in [0.15, 0.2) is 27.7 Å². The molecular weight excluding hydrogens is 208 g/mol. The topological polar surface area (TPSA) is 55.4 Å². The van der Waals surface area contributed by atoms with Crippen LogP contribution >= 0.6 is 15.9 Å². The number of hydrogen-bond acceptors (Lipinski definition) is 3. The molecule has 0 bridgehead atoms. The number of hydrogen-bond donors (Lipinski definition) is 1. The molecule has 0 saturated carbocycles. The summed E-state index contributed by atoms with van der Waals surface area (Å²) in [6, 6.07) is 5.11. The summed E-state index contributed by atoms with van der Waals surface area (Å²) in [5.74, 6) is 0. The third kappa shape index (κ3) is 1.67. The molecule has 0 fully saturated rings. The van der Waals surface area contributed by atoms with Gasteiger partial charge < -0.3 is 5.73 Å². The van der Waals surface area contributed by atoms with E-state index >= 15 is 0 Å². The summed E-state index contributed by atoms with van der Waals surface area (Å²) >= 11 is 3.18. The van der Waals surface area contributed by atoms with Gasteiger partial charge in [-0.3, -0.25) is 0 Å². The fraction of sp³-hybridized carbons (Fsp3) is 0. The van der Waals surface area contributed by atoms with Crippen molar-refractivity contribution in [3.05, 3.63) is 22.7 Å². The SMILES string of the molecule is Nc1cccc(N=C=O)c1Br. The van der Waals surface area contributed by atoms with Gasteiger partial charge in [0.25, 0.3) is 0 Å². The number of carbonyl (C=O) groups excluding carboxylic acids is 1. The van der Waals surface area contributed by atoms with Crippen LogP contribution in [0.4, 0.5) is 11.4 Å². The zero-order chi connectivity index (χ0) is 8.27. The molecule has 0 amide bonds. The van der Waals surface area contributed by atoms with Gasteiger partial charge in [-0.25, -0.2) is 4.79 Å². The fourth-order valence-corrected chi connectivity index (χ4v) is 1.03. The van der Waals surface area contributed by atoms with E-state index in [1.165, 1.54) is 6.08 Å². The zero-order valence-corrected chi connectivity index (χ0v) is 7.13. The van der Waals surface area contributed by atoms with Crippen LogP contribution in [0, 0.1) is 0 Å². The van der Waals surface area contributed by atoms with E-state index in [-0.39, 0.29) is 0 Å². The number of benzene rings is 1. The molecule has 3 nitrogen and oxygen atoms in total. The van der Waals surface area contributed by atoms with Gasteiger partial charge in [0.15, 0.2) is 0 Å². The Morgan fingerprint density at radius 3 is 2.91 bits per heavy atom. The summed E-state index contributed by atoms with van der Waals surface area (Å²) in [7, 11) is 0. The highest BCUT2D eigenvalue weighted by Crippen LogP contribution is 2.29. The minimum absolute atomic E-state index is 0.500. The molecule has 0 radical (unpaired) electrons. The van der Waals surface area contributed by atoms with Crippen molar-refractivity contribution in [2.75, 3.05) is 5.73 Å². The highest BCUT2D eigenvalue weighted by Gasteiger charge is 1.99. The summed E-state index contributed by atoms with van der Waals surface area (Å²) < 4.78 is 0.628. The van der Waals surface area contributed by atoms with Crippen LogP contribution in [-0.2, 0) is 4.79 Å². The van der Waals surface area contributed by atoms with Crippen LogP contribution in [0.5, 0.6) is 0 Å². The molecule has 11 heavy (non-hydrogen) atoms. The minimum Gasteiger partial charge on any atom is -0.398 e. The Morgan fingerprint density at radius 2 is 2.27 bits per heavy atom. The van der Waals surface area contributed by atoms with Crippen molar-refractivity contribution < 1.29 is 4.79 Å². The normalized spacial score (nSPS) is 8.82. The quantitative estimate of drug-likeness (QED) is 0.440. The van der Waals surface area contributed by atoms with Crippen molar-refractivity contribution in [3.63, 3.8) is 0 Å². The maximum absolute atomic E-state index is 9.88. The van der Waals surface area contributed by atoms with E-state index in [0.29, 0.717) is 15.8 Å². The Bertz CT molecular complexity index is 318. The van der Waals surface area contributed by atoms with Gasteiger partial charge in [-0.15, -0.1) is 0 Å². The first-order valence-corrected chi connectivity index (χ1v) is 3.67. The van der Waals surface area contributed by atoms with E-state index in [0.717, 1.165) is 0 Å². The molecular formula is C7H5BrN2O. The molecule has 1 aromatic carbocycles. The summed E-state index contributed by atoms with van der Waals surface area (Å²) in [6.07, 6.45) is 1.44. The lowest BCUT2D eigenvalue weighted by Crippen LogP contribution is -1.84. The standard InChI is InChI=1S/C7H5BrN2O/c8-7-5(9)2-1-3-6(7)10-4-11/h1-3H,9H2. The molecule has 0 spiro atoms. The first-order chi connectivity index (χ1) is 5.25. The van der Waals surface area contributed by atoms with Gasteiger partial charge >= 0.3 is 0 Å². The highest BCUT2D eigenvalue weighted by atomic mass is 79.9. The number of aliphatic imine (C=N–C) groups is 1. The highest BCUT2D eigenvalue weighted by molar-refractivity contribution is 9.10. The largest absolute Gasteiger partial charge is 0.398 e. The van der Waals surface area contributed by atoms with Crippen LogP contribution in [0.3, 0.4) is 0 Å². The Balaban J connectivity index is 3.26. The van der Waals surface area contributed by atoms with E-state index in [9.17, 15) is 4.79 Å². The van der Waals surface area contributed by atoms with E-state index in [1.807, 2.05) is 0 Å². The van der Waals surface area contributed by atoms with Gasteiger partial charge in [0.2, 0.25) is 6.08 Å².